The summed E-state index contributed by atoms with van der Waals surface area (Å²) < 4.78 is 12.9. The van der Waals surface area contributed by atoms with E-state index in [9.17, 15) is 9.18 Å². The number of carboxylic acids is 1. The first-order valence-corrected chi connectivity index (χ1v) is 4.07. The first kappa shape index (κ1) is 10.9. The van der Waals surface area contributed by atoms with E-state index in [1.807, 2.05) is 0 Å². The highest BCUT2D eigenvalue weighted by molar-refractivity contribution is 6.29. The number of pyridine rings is 1. The topological polar surface area (TPSA) is 76.2 Å². The lowest BCUT2D eigenvalue weighted by Gasteiger charge is -2.18. The summed E-state index contributed by atoms with van der Waals surface area (Å²) >= 11 is 5.34. The number of aromatic nitrogens is 1. The number of aliphatic carboxylic acids is 1. The third kappa shape index (κ3) is 1.83. The van der Waals surface area contributed by atoms with E-state index in [4.69, 9.17) is 22.4 Å². The fraction of sp³-hybridized carbons (Fsp3) is 0.250. The maximum absolute atomic E-state index is 12.9. The molecule has 0 aliphatic heterocycles. The Hall–Kier alpha value is -1.20. The van der Waals surface area contributed by atoms with Crippen molar-refractivity contribution in [1.29, 1.82) is 0 Å². The number of hydrogen-bond donors (Lipinski definition) is 2. The third-order valence-corrected chi connectivity index (χ3v) is 2.12. The van der Waals surface area contributed by atoms with E-state index in [1.54, 1.807) is 0 Å². The average Bonchev–Trinajstić information content (AvgIpc) is 2.09. The van der Waals surface area contributed by atoms with E-state index in [0.717, 1.165) is 12.3 Å². The molecule has 0 unspecified atom stereocenters. The molecule has 0 radical (unpaired) electrons. The van der Waals surface area contributed by atoms with Crippen LogP contribution < -0.4 is 5.73 Å². The van der Waals surface area contributed by atoms with Crippen LogP contribution in [0.3, 0.4) is 0 Å². The lowest BCUT2D eigenvalue weighted by molar-refractivity contribution is -0.143. The molecule has 0 fully saturated rings. The molecule has 76 valence electrons. The number of carboxylic acid groups (broad SMARTS) is 1. The Morgan fingerprint density at radius 3 is 2.79 bits per heavy atom. The number of hydrogen-bond acceptors (Lipinski definition) is 3. The van der Waals surface area contributed by atoms with Gasteiger partial charge in [0.1, 0.15) is 5.54 Å². The lowest BCUT2D eigenvalue weighted by Crippen LogP contribution is -2.41. The summed E-state index contributed by atoms with van der Waals surface area (Å²) in [6, 6.07) is 0.962. The predicted octanol–water partition coefficient (Wildman–Crippen LogP) is 1.13. The van der Waals surface area contributed by atoms with Crippen molar-refractivity contribution in [3.05, 3.63) is 28.8 Å². The molecule has 1 atom stereocenters. The molecule has 1 aromatic heterocycles. The van der Waals surface area contributed by atoms with Crippen molar-refractivity contribution in [2.45, 2.75) is 12.5 Å². The van der Waals surface area contributed by atoms with E-state index < -0.39 is 17.3 Å². The average molecular weight is 219 g/mol. The Labute approximate surface area is 84.5 Å². The van der Waals surface area contributed by atoms with Gasteiger partial charge in [0.15, 0.2) is 11.0 Å². The van der Waals surface area contributed by atoms with Crippen LogP contribution in [0.1, 0.15) is 12.5 Å². The molecule has 0 aliphatic rings. The highest BCUT2D eigenvalue weighted by Gasteiger charge is 2.31. The van der Waals surface area contributed by atoms with E-state index in [-0.39, 0.29) is 10.7 Å². The molecular formula is C8H8ClFN2O2. The maximum atomic E-state index is 12.9. The Balaban J connectivity index is 3.21. The number of nitrogens with zero attached hydrogens (tertiary/aromatic N) is 1. The molecule has 6 heteroatoms. The molecule has 0 aromatic carbocycles. The molecule has 0 saturated carbocycles. The minimum absolute atomic E-state index is 0.0619. The summed E-state index contributed by atoms with van der Waals surface area (Å²) in [7, 11) is 0. The Morgan fingerprint density at radius 1 is 1.79 bits per heavy atom. The van der Waals surface area contributed by atoms with Crippen LogP contribution in [0.15, 0.2) is 12.3 Å². The molecule has 0 amide bonds. The standard InChI is InChI=1S/C8H8ClFN2O2/c1-8(11,7(13)14)4-2-5(10)6(9)12-3-4/h2-3H,11H2,1H3,(H,13,14)/t8-/m0/s1. The van der Waals surface area contributed by atoms with Crippen LogP contribution in [0.2, 0.25) is 5.15 Å². The summed E-state index contributed by atoms with van der Waals surface area (Å²) in [4.78, 5) is 14.2. The summed E-state index contributed by atoms with van der Waals surface area (Å²) in [5.74, 6) is -2.05. The minimum Gasteiger partial charge on any atom is -0.480 e. The molecular weight excluding hydrogens is 211 g/mol. The molecule has 1 heterocycles. The summed E-state index contributed by atoms with van der Waals surface area (Å²) in [6.45, 7) is 1.25. The highest BCUT2D eigenvalue weighted by Crippen LogP contribution is 2.20. The van der Waals surface area contributed by atoms with Gasteiger partial charge < -0.3 is 10.8 Å². The number of halogens is 2. The van der Waals surface area contributed by atoms with Gasteiger partial charge in [0, 0.05) is 11.8 Å². The van der Waals surface area contributed by atoms with E-state index in [2.05, 4.69) is 4.98 Å². The fourth-order valence-corrected chi connectivity index (χ4v) is 0.932. The first-order valence-electron chi connectivity index (χ1n) is 3.69. The van der Waals surface area contributed by atoms with Crippen LogP contribution in [0.25, 0.3) is 0 Å². The molecule has 0 saturated heterocycles. The maximum Gasteiger partial charge on any atom is 0.328 e. The normalized spacial score (nSPS) is 14.9. The Bertz CT molecular complexity index is 382. The van der Waals surface area contributed by atoms with Gasteiger partial charge in [0.25, 0.3) is 0 Å². The van der Waals surface area contributed by atoms with Gasteiger partial charge in [0.2, 0.25) is 0 Å². The fourth-order valence-electron chi connectivity index (χ4n) is 0.829. The largest absolute Gasteiger partial charge is 0.480 e. The van der Waals surface area contributed by atoms with Crippen LogP contribution in [-0.2, 0) is 10.3 Å². The van der Waals surface area contributed by atoms with Gasteiger partial charge in [-0.15, -0.1) is 0 Å². The van der Waals surface area contributed by atoms with Gasteiger partial charge in [-0.25, -0.2) is 14.2 Å². The summed E-state index contributed by atoms with van der Waals surface area (Å²) in [6.07, 6.45) is 1.14. The molecule has 1 rings (SSSR count). The zero-order valence-electron chi connectivity index (χ0n) is 7.29. The molecule has 3 N–H and O–H groups in total. The van der Waals surface area contributed by atoms with Gasteiger partial charge in [-0.1, -0.05) is 11.6 Å². The monoisotopic (exact) mass is 218 g/mol. The van der Waals surface area contributed by atoms with E-state index in [0.29, 0.717) is 0 Å². The van der Waals surface area contributed by atoms with Gasteiger partial charge >= 0.3 is 5.97 Å². The summed E-state index contributed by atoms with van der Waals surface area (Å²) in [5, 5.41) is 8.44. The van der Waals surface area contributed by atoms with E-state index >= 15 is 0 Å². The lowest BCUT2D eigenvalue weighted by atomic mass is 9.95. The Morgan fingerprint density at radius 2 is 2.36 bits per heavy atom. The summed E-state index contributed by atoms with van der Waals surface area (Å²) in [5.41, 5.74) is 3.84. The second-order valence-corrected chi connectivity index (χ2v) is 3.36. The zero-order valence-corrected chi connectivity index (χ0v) is 8.05. The van der Waals surface area contributed by atoms with Crippen molar-refractivity contribution in [3.8, 4) is 0 Å². The highest BCUT2D eigenvalue weighted by atomic mass is 35.5. The van der Waals surface area contributed by atoms with Gasteiger partial charge in [-0.2, -0.15) is 0 Å². The molecule has 1 aromatic rings. The van der Waals surface area contributed by atoms with Crippen molar-refractivity contribution >= 4 is 17.6 Å². The van der Waals surface area contributed by atoms with Crippen molar-refractivity contribution < 1.29 is 14.3 Å². The van der Waals surface area contributed by atoms with Crippen molar-refractivity contribution in [2.24, 2.45) is 5.73 Å². The quantitative estimate of drug-likeness (QED) is 0.730. The zero-order chi connectivity index (χ0) is 10.9. The van der Waals surface area contributed by atoms with Crippen LogP contribution in [0.4, 0.5) is 4.39 Å². The molecule has 0 aliphatic carbocycles. The molecule has 4 nitrogen and oxygen atoms in total. The number of nitrogens with two attached hydrogens (primary N) is 1. The number of carbonyl (C=O) groups is 1. The van der Waals surface area contributed by atoms with Crippen molar-refractivity contribution in [3.63, 3.8) is 0 Å². The minimum atomic E-state index is -1.67. The number of rotatable bonds is 2. The third-order valence-electron chi connectivity index (χ3n) is 1.84. The van der Waals surface area contributed by atoms with Crippen LogP contribution in [0.5, 0.6) is 0 Å². The second-order valence-electron chi connectivity index (χ2n) is 3.00. The molecule has 0 spiro atoms. The van der Waals surface area contributed by atoms with Crippen LogP contribution >= 0.6 is 11.6 Å². The van der Waals surface area contributed by atoms with Crippen LogP contribution in [0, 0.1) is 5.82 Å². The van der Waals surface area contributed by atoms with E-state index in [1.165, 1.54) is 6.92 Å². The SMILES string of the molecule is C[C@@](N)(C(=O)O)c1cnc(Cl)c(F)c1. The Kier molecular flexibility index (Phi) is 2.73. The van der Waals surface area contributed by atoms with Crippen molar-refractivity contribution in [2.75, 3.05) is 0 Å². The predicted molar refractivity (Wildman–Crippen MR) is 48.4 cm³/mol. The van der Waals surface area contributed by atoms with Gasteiger partial charge in [-0.3, -0.25) is 0 Å². The smallest absolute Gasteiger partial charge is 0.328 e. The van der Waals surface area contributed by atoms with Gasteiger partial charge in [-0.05, 0) is 13.0 Å². The second kappa shape index (κ2) is 3.51. The van der Waals surface area contributed by atoms with Crippen LogP contribution in [-0.4, -0.2) is 16.1 Å². The van der Waals surface area contributed by atoms with Gasteiger partial charge in [0.05, 0.1) is 0 Å². The first-order chi connectivity index (χ1) is 6.35. The van der Waals surface area contributed by atoms with Crippen molar-refractivity contribution in [1.82, 2.24) is 4.98 Å². The molecule has 14 heavy (non-hydrogen) atoms. The molecule has 0 bridgehead atoms.